The molecular formula is C26H22F4N2O5. The van der Waals surface area contributed by atoms with Gasteiger partial charge in [-0.25, -0.2) is 9.59 Å². The van der Waals surface area contributed by atoms with Gasteiger partial charge in [-0.3, -0.25) is 0 Å². The molecule has 3 rings (SSSR count). The number of rotatable bonds is 10. The number of nitrogen functional groups attached to an aromatic ring is 2. The summed E-state index contributed by atoms with van der Waals surface area (Å²) in [5.74, 6) is -2.35. The van der Waals surface area contributed by atoms with Crippen LogP contribution in [0.25, 0.3) is 6.08 Å². The standard InChI is InChI=1S/C26H22F4N2O5/c27-25(28)26(29,30)37-21-10-5-16(6-11-21)24(35)36-20-8-1-15(2-9-20)13-18(23(33)34)4-3-17-14-19(31)7-12-22(17)32/h1-2,5-14,25H,3-4,31-32H2,(H,33,34). The number of carbonyl (C=O) groups excluding carboxylic acids is 1. The van der Waals surface area contributed by atoms with Crippen molar-refractivity contribution < 1.29 is 41.7 Å². The van der Waals surface area contributed by atoms with Crippen LogP contribution >= 0.6 is 0 Å². The zero-order valence-corrected chi connectivity index (χ0v) is 19.2. The molecule has 7 nitrogen and oxygen atoms in total. The van der Waals surface area contributed by atoms with E-state index in [1.54, 1.807) is 30.3 Å². The van der Waals surface area contributed by atoms with Crippen LogP contribution in [0.3, 0.4) is 0 Å². The third-order valence-electron chi connectivity index (χ3n) is 5.13. The monoisotopic (exact) mass is 518 g/mol. The number of hydrogen-bond donors (Lipinski definition) is 3. The van der Waals surface area contributed by atoms with Gasteiger partial charge in [0.1, 0.15) is 11.5 Å². The highest BCUT2D eigenvalue weighted by atomic mass is 19.3. The van der Waals surface area contributed by atoms with Crippen LogP contribution < -0.4 is 20.9 Å². The molecule has 0 unspecified atom stereocenters. The lowest BCUT2D eigenvalue weighted by molar-refractivity contribution is -0.253. The van der Waals surface area contributed by atoms with Gasteiger partial charge in [-0.2, -0.15) is 17.6 Å². The van der Waals surface area contributed by atoms with Gasteiger partial charge in [0.15, 0.2) is 0 Å². The topological polar surface area (TPSA) is 125 Å². The fourth-order valence-electron chi connectivity index (χ4n) is 3.21. The van der Waals surface area contributed by atoms with Crippen molar-refractivity contribution in [2.45, 2.75) is 25.4 Å². The predicted octanol–water partition coefficient (Wildman–Crippen LogP) is 5.41. The van der Waals surface area contributed by atoms with Crippen molar-refractivity contribution in [2.75, 3.05) is 11.5 Å². The number of halogens is 4. The summed E-state index contributed by atoms with van der Waals surface area (Å²) in [5, 5.41) is 9.56. The second kappa shape index (κ2) is 11.5. The number of alkyl halides is 4. The van der Waals surface area contributed by atoms with Crippen LogP contribution in [0.15, 0.2) is 72.3 Å². The van der Waals surface area contributed by atoms with Gasteiger partial charge in [-0.05, 0) is 84.6 Å². The summed E-state index contributed by atoms with van der Waals surface area (Å²) in [7, 11) is 0. The Hall–Kier alpha value is -4.54. The zero-order valence-electron chi connectivity index (χ0n) is 19.2. The highest BCUT2D eigenvalue weighted by Gasteiger charge is 2.43. The number of carbonyl (C=O) groups is 2. The Bertz CT molecular complexity index is 1290. The molecule has 0 fully saturated rings. The normalized spacial score (nSPS) is 11.9. The average molecular weight is 518 g/mol. The van der Waals surface area contributed by atoms with E-state index in [-0.39, 0.29) is 23.3 Å². The number of nitrogens with two attached hydrogens (primary N) is 2. The first-order chi connectivity index (χ1) is 17.4. The van der Waals surface area contributed by atoms with Gasteiger partial charge in [0.2, 0.25) is 0 Å². The second-order valence-corrected chi connectivity index (χ2v) is 7.88. The smallest absolute Gasteiger partial charge is 0.461 e. The molecule has 0 bridgehead atoms. The largest absolute Gasteiger partial charge is 0.478 e. The van der Waals surface area contributed by atoms with E-state index >= 15 is 0 Å². The van der Waals surface area contributed by atoms with Crippen LogP contribution in [0.1, 0.15) is 27.9 Å². The van der Waals surface area contributed by atoms with E-state index in [0.717, 1.165) is 29.8 Å². The molecule has 3 aromatic rings. The Morgan fingerprint density at radius 3 is 2.16 bits per heavy atom. The molecule has 0 amide bonds. The maximum absolute atomic E-state index is 13.0. The molecule has 0 heterocycles. The third kappa shape index (κ3) is 7.47. The second-order valence-electron chi connectivity index (χ2n) is 7.88. The molecule has 194 valence electrons. The molecule has 0 saturated heterocycles. The fourth-order valence-corrected chi connectivity index (χ4v) is 3.21. The molecule has 0 radical (unpaired) electrons. The molecule has 0 spiro atoms. The van der Waals surface area contributed by atoms with Gasteiger partial charge in [-0.1, -0.05) is 12.1 Å². The highest BCUT2D eigenvalue weighted by molar-refractivity contribution is 5.92. The Kier molecular flexibility index (Phi) is 8.38. The summed E-state index contributed by atoms with van der Waals surface area (Å²) in [6.45, 7) is 0. The minimum atomic E-state index is -4.67. The average Bonchev–Trinajstić information content (AvgIpc) is 2.84. The third-order valence-corrected chi connectivity index (χ3v) is 5.13. The van der Waals surface area contributed by atoms with Crippen LogP contribution in [0.4, 0.5) is 28.9 Å². The van der Waals surface area contributed by atoms with Crippen LogP contribution in [-0.4, -0.2) is 29.6 Å². The number of ether oxygens (including phenoxy) is 2. The van der Waals surface area contributed by atoms with E-state index in [9.17, 15) is 32.3 Å². The Balaban J connectivity index is 1.64. The lowest BCUT2D eigenvalue weighted by atomic mass is 10.0. The summed E-state index contributed by atoms with van der Waals surface area (Å²) in [4.78, 5) is 24.0. The van der Waals surface area contributed by atoms with Gasteiger partial charge in [0.05, 0.1) is 5.56 Å². The molecule has 11 heteroatoms. The van der Waals surface area contributed by atoms with Gasteiger partial charge in [0.25, 0.3) is 0 Å². The van der Waals surface area contributed by atoms with Crippen LogP contribution in [0.5, 0.6) is 11.5 Å². The SMILES string of the molecule is Nc1ccc(N)c(CCC(=Cc2ccc(OC(=O)c3ccc(OC(F)(F)C(F)F)cc3)cc2)C(=O)O)c1. The fraction of sp³-hybridized carbons (Fsp3) is 0.154. The first-order valence-corrected chi connectivity index (χ1v) is 10.8. The Morgan fingerprint density at radius 1 is 0.946 bits per heavy atom. The lowest BCUT2D eigenvalue weighted by Gasteiger charge is -2.16. The predicted molar refractivity (Wildman–Crippen MR) is 129 cm³/mol. The number of esters is 1. The number of anilines is 2. The van der Waals surface area contributed by atoms with Crippen molar-refractivity contribution in [2.24, 2.45) is 0 Å². The van der Waals surface area contributed by atoms with Crippen molar-refractivity contribution in [1.82, 2.24) is 0 Å². The van der Waals surface area contributed by atoms with Crippen LogP contribution in [0.2, 0.25) is 0 Å². The molecule has 0 aliphatic carbocycles. The molecule has 0 aliphatic rings. The molecule has 0 aliphatic heterocycles. The molecular weight excluding hydrogens is 496 g/mol. The van der Waals surface area contributed by atoms with Crippen LogP contribution in [0, 0.1) is 0 Å². The van der Waals surface area contributed by atoms with Gasteiger partial charge in [0, 0.05) is 16.9 Å². The van der Waals surface area contributed by atoms with Gasteiger partial charge < -0.3 is 26.0 Å². The maximum Gasteiger partial charge on any atom is 0.461 e. The summed E-state index contributed by atoms with van der Waals surface area (Å²) < 4.78 is 59.6. The summed E-state index contributed by atoms with van der Waals surface area (Å²) >= 11 is 0. The summed E-state index contributed by atoms with van der Waals surface area (Å²) in [5.41, 5.74) is 14.1. The quantitative estimate of drug-likeness (QED) is 0.108. The number of aryl methyl sites for hydroxylation is 1. The van der Waals surface area contributed by atoms with Crippen molar-refractivity contribution in [3.05, 3.63) is 89.0 Å². The first kappa shape index (κ1) is 27.1. The number of carboxylic acid groups (broad SMARTS) is 1. The van der Waals surface area contributed by atoms with Crippen molar-refractivity contribution in [3.63, 3.8) is 0 Å². The lowest BCUT2D eigenvalue weighted by Crippen LogP contribution is -2.33. The Labute approximate surface area is 208 Å². The highest BCUT2D eigenvalue weighted by Crippen LogP contribution is 2.28. The molecule has 0 atom stereocenters. The van der Waals surface area contributed by atoms with Crippen molar-refractivity contribution in [3.8, 4) is 11.5 Å². The van der Waals surface area contributed by atoms with Crippen LogP contribution in [-0.2, 0) is 11.2 Å². The first-order valence-electron chi connectivity index (χ1n) is 10.8. The number of hydrogen-bond acceptors (Lipinski definition) is 6. The van der Waals surface area contributed by atoms with Crippen molar-refractivity contribution in [1.29, 1.82) is 0 Å². The minimum Gasteiger partial charge on any atom is -0.478 e. The molecule has 5 N–H and O–H groups in total. The molecule has 37 heavy (non-hydrogen) atoms. The number of benzene rings is 3. The summed E-state index contributed by atoms with van der Waals surface area (Å²) in [6.07, 6.45) is -6.63. The molecule has 3 aromatic carbocycles. The number of carboxylic acids is 1. The van der Waals surface area contributed by atoms with Crippen molar-refractivity contribution >= 4 is 29.4 Å². The minimum absolute atomic E-state index is 0.0364. The van der Waals surface area contributed by atoms with Gasteiger partial charge >= 0.3 is 24.5 Å². The van der Waals surface area contributed by atoms with E-state index in [4.69, 9.17) is 16.2 Å². The van der Waals surface area contributed by atoms with E-state index in [1.165, 1.54) is 18.2 Å². The molecule has 0 saturated carbocycles. The zero-order chi connectivity index (χ0) is 27.2. The van der Waals surface area contributed by atoms with E-state index < -0.39 is 30.2 Å². The maximum atomic E-state index is 13.0. The number of aliphatic carboxylic acids is 1. The van der Waals surface area contributed by atoms with Gasteiger partial charge in [-0.15, -0.1) is 0 Å². The van der Waals surface area contributed by atoms with E-state index in [1.807, 2.05) is 0 Å². The summed E-state index contributed by atoms with van der Waals surface area (Å²) in [6, 6.07) is 15.0. The molecule has 0 aromatic heterocycles. The Morgan fingerprint density at radius 2 is 1.57 bits per heavy atom. The van der Waals surface area contributed by atoms with E-state index in [0.29, 0.717) is 23.4 Å². The van der Waals surface area contributed by atoms with E-state index in [2.05, 4.69) is 4.74 Å².